The molecule has 12 nitrogen and oxygen atoms in total. The van der Waals surface area contributed by atoms with E-state index in [1.54, 1.807) is 24.5 Å². The number of rotatable bonds is 8. The van der Waals surface area contributed by atoms with Crippen LogP contribution in [0.2, 0.25) is 0 Å². The standard InChI is InChI=1S/C28H35N9O3/c38-16-13-30-20-9-14-36(15-10-20)26-33-25(34-27(35-26)37-17-23-5-6-24(18-37)40-23)19-1-3-21(4-2-19)31-28(39)32-22-7-11-29-12-8-22/h1-4,7-8,11-12,20,23-24,30,38H,5-6,9-10,13-18H2,(H2,29,31,32,39). The molecular weight excluding hydrogens is 510 g/mol. The Morgan fingerprint density at radius 2 is 1.48 bits per heavy atom. The first kappa shape index (κ1) is 26.4. The molecule has 2 aromatic heterocycles. The second-order valence-electron chi connectivity index (χ2n) is 10.5. The SMILES string of the molecule is O=C(Nc1ccncc1)Nc1ccc(-c2nc(N3CCC(NCCO)CC3)nc(N3CC4CCC(C3)O4)n2)cc1. The van der Waals surface area contributed by atoms with Gasteiger partial charge < -0.3 is 35.6 Å². The highest BCUT2D eigenvalue weighted by Crippen LogP contribution is 2.30. The van der Waals surface area contributed by atoms with E-state index in [1.807, 2.05) is 24.3 Å². The van der Waals surface area contributed by atoms with Crippen LogP contribution in [0.5, 0.6) is 0 Å². The van der Waals surface area contributed by atoms with Crippen LogP contribution in [-0.2, 0) is 4.74 Å². The Kier molecular flexibility index (Phi) is 7.98. The zero-order valence-corrected chi connectivity index (χ0v) is 22.4. The molecule has 210 valence electrons. The Morgan fingerprint density at radius 3 is 2.12 bits per heavy atom. The Labute approximate surface area is 233 Å². The number of hydrogen-bond acceptors (Lipinski definition) is 10. The number of ether oxygens (including phenoxy) is 1. The van der Waals surface area contributed by atoms with Gasteiger partial charge in [0.25, 0.3) is 0 Å². The highest BCUT2D eigenvalue weighted by atomic mass is 16.5. The Bertz CT molecular complexity index is 1270. The van der Waals surface area contributed by atoms with Crippen molar-refractivity contribution in [2.75, 3.05) is 59.8 Å². The maximum Gasteiger partial charge on any atom is 0.323 e. The quantitative estimate of drug-likeness (QED) is 0.334. The maximum absolute atomic E-state index is 12.4. The largest absolute Gasteiger partial charge is 0.395 e. The minimum Gasteiger partial charge on any atom is -0.395 e. The monoisotopic (exact) mass is 545 g/mol. The number of carbonyl (C=O) groups excluding carboxylic acids is 1. The molecule has 0 aliphatic carbocycles. The van der Waals surface area contributed by atoms with E-state index in [4.69, 9.17) is 24.8 Å². The first-order chi connectivity index (χ1) is 19.6. The van der Waals surface area contributed by atoms with Crippen LogP contribution in [0.25, 0.3) is 11.4 Å². The summed E-state index contributed by atoms with van der Waals surface area (Å²) in [5.74, 6) is 1.96. The molecule has 3 fully saturated rings. The number of aromatic nitrogens is 4. The number of nitrogens with zero attached hydrogens (tertiary/aromatic N) is 6. The average molecular weight is 546 g/mol. The number of pyridine rings is 1. The van der Waals surface area contributed by atoms with Crippen molar-refractivity contribution in [2.24, 2.45) is 0 Å². The molecule has 3 saturated heterocycles. The fourth-order valence-electron chi connectivity index (χ4n) is 5.53. The lowest BCUT2D eigenvalue weighted by Gasteiger charge is -2.34. The predicted octanol–water partition coefficient (Wildman–Crippen LogP) is 2.50. The van der Waals surface area contributed by atoms with Crippen molar-refractivity contribution in [2.45, 2.75) is 43.9 Å². The van der Waals surface area contributed by atoms with Crippen molar-refractivity contribution in [3.63, 3.8) is 0 Å². The summed E-state index contributed by atoms with van der Waals surface area (Å²) in [7, 11) is 0. The number of aliphatic hydroxyl groups is 1. The third-order valence-corrected chi connectivity index (χ3v) is 7.60. The molecule has 6 rings (SSSR count). The molecule has 5 heterocycles. The fourth-order valence-corrected chi connectivity index (χ4v) is 5.53. The molecule has 3 aliphatic heterocycles. The average Bonchev–Trinajstić information content (AvgIpc) is 3.33. The van der Waals surface area contributed by atoms with Crippen molar-refractivity contribution in [1.29, 1.82) is 0 Å². The molecule has 0 spiro atoms. The molecule has 2 amide bonds. The van der Waals surface area contributed by atoms with Gasteiger partial charge in [-0.15, -0.1) is 0 Å². The highest BCUT2D eigenvalue weighted by Gasteiger charge is 2.35. The predicted molar refractivity (Wildman–Crippen MR) is 153 cm³/mol. The van der Waals surface area contributed by atoms with Gasteiger partial charge in [-0.25, -0.2) is 4.79 Å². The van der Waals surface area contributed by atoms with Crippen molar-refractivity contribution < 1.29 is 14.6 Å². The second-order valence-corrected chi connectivity index (χ2v) is 10.5. The summed E-state index contributed by atoms with van der Waals surface area (Å²) < 4.78 is 6.05. The van der Waals surface area contributed by atoms with Gasteiger partial charge in [-0.1, -0.05) is 0 Å². The number of amides is 2. The van der Waals surface area contributed by atoms with E-state index in [9.17, 15) is 4.79 Å². The van der Waals surface area contributed by atoms with Gasteiger partial charge >= 0.3 is 6.03 Å². The number of piperidine rings is 1. The molecule has 4 N–H and O–H groups in total. The van der Waals surface area contributed by atoms with Crippen molar-refractivity contribution in [3.8, 4) is 11.4 Å². The van der Waals surface area contributed by atoms with E-state index in [0.29, 0.717) is 41.7 Å². The van der Waals surface area contributed by atoms with E-state index in [1.165, 1.54) is 0 Å². The van der Waals surface area contributed by atoms with Crippen LogP contribution in [0.15, 0.2) is 48.8 Å². The van der Waals surface area contributed by atoms with Gasteiger partial charge in [0.15, 0.2) is 5.82 Å². The van der Waals surface area contributed by atoms with E-state index in [2.05, 4.69) is 30.7 Å². The normalized spacial score (nSPS) is 20.9. The molecule has 2 bridgehead atoms. The summed E-state index contributed by atoms with van der Waals surface area (Å²) >= 11 is 0. The number of hydrogen-bond donors (Lipinski definition) is 4. The zero-order valence-electron chi connectivity index (χ0n) is 22.4. The number of nitrogens with one attached hydrogen (secondary N) is 3. The second kappa shape index (κ2) is 12.1. The molecular formula is C28H35N9O3. The van der Waals surface area contributed by atoms with Crippen molar-refractivity contribution >= 4 is 29.3 Å². The third-order valence-electron chi connectivity index (χ3n) is 7.60. The highest BCUT2D eigenvalue weighted by molar-refractivity contribution is 5.99. The zero-order chi connectivity index (χ0) is 27.3. The smallest absolute Gasteiger partial charge is 0.323 e. The number of anilines is 4. The molecule has 3 aromatic rings. The molecule has 3 aliphatic rings. The Balaban J connectivity index is 1.20. The number of aliphatic hydroxyl groups excluding tert-OH is 1. The number of morpholine rings is 1. The van der Waals surface area contributed by atoms with Crippen LogP contribution >= 0.6 is 0 Å². The lowest BCUT2D eigenvalue weighted by Crippen LogP contribution is -2.45. The van der Waals surface area contributed by atoms with Crippen LogP contribution < -0.4 is 25.8 Å². The van der Waals surface area contributed by atoms with Gasteiger partial charge in [-0.2, -0.15) is 15.0 Å². The molecule has 2 atom stereocenters. The Morgan fingerprint density at radius 1 is 0.850 bits per heavy atom. The van der Waals surface area contributed by atoms with E-state index in [-0.39, 0.29) is 24.8 Å². The molecule has 1 aromatic carbocycles. The number of fused-ring (bicyclic) bond motifs is 2. The fraction of sp³-hybridized carbons (Fsp3) is 0.464. The molecule has 12 heteroatoms. The number of benzene rings is 1. The van der Waals surface area contributed by atoms with E-state index < -0.39 is 0 Å². The number of urea groups is 1. The third kappa shape index (κ3) is 6.30. The molecule has 0 radical (unpaired) electrons. The van der Waals surface area contributed by atoms with E-state index >= 15 is 0 Å². The summed E-state index contributed by atoms with van der Waals surface area (Å²) in [6.45, 7) is 3.97. The first-order valence-electron chi connectivity index (χ1n) is 14.0. The van der Waals surface area contributed by atoms with Gasteiger partial charge in [0, 0.05) is 68.1 Å². The topological polar surface area (TPSA) is 141 Å². The Hall–Kier alpha value is -3.87. The van der Waals surface area contributed by atoms with Gasteiger partial charge in [-0.05, 0) is 62.1 Å². The van der Waals surface area contributed by atoms with Crippen LogP contribution in [-0.4, -0.2) is 88.7 Å². The first-order valence-corrected chi connectivity index (χ1v) is 14.0. The van der Waals surface area contributed by atoms with Gasteiger partial charge in [0.2, 0.25) is 11.9 Å². The van der Waals surface area contributed by atoms with Crippen LogP contribution in [0, 0.1) is 0 Å². The molecule has 40 heavy (non-hydrogen) atoms. The summed E-state index contributed by atoms with van der Waals surface area (Å²) in [5.41, 5.74) is 2.17. The van der Waals surface area contributed by atoms with Crippen LogP contribution in [0.1, 0.15) is 25.7 Å². The molecule has 0 saturated carbocycles. The van der Waals surface area contributed by atoms with Gasteiger partial charge in [0.05, 0.1) is 18.8 Å². The van der Waals surface area contributed by atoms with Gasteiger partial charge in [-0.3, -0.25) is 4.98 Å². The minimum atomic E-state index is -0.331. The maximum atomic E-state index is 12.4. The summed E-state index contributed by atoms with van der Waals surface area (Å²) in [5, 5.41) is 18.2. The van der Waals surface area contributed by atoms with Crippen LogP contribution in [0.3, 0.4) is 0 Å². The van der Waals surface area contributed by atoms with Crippen molar-refractivity contribution in [3.05, 3.63) is 48.8 Å². The summed E-state index contributed by atoms with van der Waals surface area (Å²) in [6.07, 6.45) is 7.76. The van der Waals surface area contributed by atoms with Gasteiger partial charge in [0.1, 0.15) is 0 Å². The summed E-state index contributed by atoms with van der Waals surface area (Å²) in [6, 6.07) is 11.0. The lowest BCUT2D eigenvalue weighted by atomic mass is 10.1. The van der Waals surface area contributed by atoms with Crippen LogP contribution in [0.4, 0.5) is 28.1 Å². The number of carbonyl (C=O) groups is 1. The molecule has 2 unspecified atom stereocenters. The summed E-state index contributed by atoms with van der Waals surface area (Å²) in [4.78, 5) is 35.5. The minimum absolute atomic E-state index is 0.145. The lowest BCUT2D eigenvalue weighted by molar-refractivity contribution is 0.0299. The van der Waals surface area contributed by atoms with Crippen molar-refractivity contribution in [1.82, 2.24) is 25.3 Å². The van der Waals surface area contributed by atoms with E-state index in [0.717, 1.165) is 57.4 Å².